The molecule has 5 nitrogen and oxygen atoms in total. The van der Waals surface area contributed by atoms with Crippen LogP contribution in [0.4, 0.5) is 5.69 Å². The molecule has 0 radical (unpaired) electrons. The van der Waals surface area contributed by atoms with Gasteiger partial charge in [0.25, 0.3) is 5.56 Å². The molecule has 0 amide bonds. The molecule has 1 rings (SSSR count). The predicted octanol–water partition coefficient (Wildman–Crippen LogP) is 0.414. The smallest absolute Gasteiger partial charge is 0.268 e. The van der Waals surface area contributed by atoms with Gasteiger partial charge >= 0.3 is 0 Å². The van der Waals surface area contributed by atoms with Gasteiger partial charge < -0.3 is 11.1 Å². The van der Waals surface area contributed by atoms with Crippen molar-refractivity contribution in [1.82, 2.24) is 9.78 Å². The molecule has 0 aliphatic heterocycles. The van der Waals surface area contributed by atoms with Gasteiger partial charge in [-0.3, -0.25) is 4.79 Å². The molecule has 0 aromatic carbocycles. The minimum atomic E-state index is -0.0644. The minimum Gasteiger partial charge on any atom is -0.382 e. The number of nitrogens with one attached hydrogen (secondary N) is 1. The van der Waals surface area contributed by atoms with E-state index in [0.717, 1.165) is 18.5 Å². The molecule has 84 valence electrons. The first-order valence-corrected chi connectivity index (χ1v) is 5.29. The fourth-order valence-electron chi connectivity index (χ4n) is 1.22. The first kappa shape index (κ1) is 11.7. The molecule has 0 saturated heterocycles. The maximum atomic E-state index is 11.5. The van der Waals surface area contributed by atoms with Crippen molar-refractivity contribution in [2.24, 2.45) is 5.73 Å². The zero-order chi connectivity index (χ0) is 11.1. The van der Waals surface area contributed by atoms with Crippen LogP contribution in [0.25, 0.3) is 0 Å². The monoisotopic (exact) mass is 210 g/mol. The Morgan fingerprint density at radius 3 is 3.00 bits per heavy atom. The molecule has 0 aliphatic carbocycles. The van der Waals surface area contributed by atoms with Crippen LogP contribution >= 0.6 is 0 Å². The quantitative estimate of drug-likeness (QED) is 0.713. The van der Waals surface area contributed by atoms with E-state index < -0.39 is 0 Å². The summed E-state index contributed by atoms with van der Waals surface area (Å²) in [6, 6.07) is 1.55. The number of rotatable bonds is 6. The van der Waals surface area contributed by atoms with E-state index in [-0.39, 0.29) is 5.56 Å². The van der Waals surface area contributed by atoms with Gasteiger partial charge in [0.05, 0.1) is 11.9 Å². The van der Waals surface area contributed by atoms with Gasteiger partial charge in [0.1, 0.15) is 0 Å². The molecule has 0 atom stereocenters. The number of nitrogens with zero attached hydrogens (tertiary/aromatic N) is 2. The van der Waals surface area contributed by atoms with Gasteiger partial charge in [0, 0.05) is 25.7 Å². The summed E-state index contributed by atoms with van der Waals surface area (Å²) < 4.78 is 1.48. The van der Waals surface area contributed by atoms with E-state index in [0.29, 0.717) is 19.6 Å². The summed E-state index contributed by atoms with van der Waals surface area (Å²) in [6.45, 7) is 3.97. The van der Waals surface area contributed by atoms with E-state index in [9.17, 15) is 4.79 Å². The van der Waals surface area contributed by atoms with E-state index >= 15 is 0 Å². The van der Waals surface area contributed by atoms with E-state index in [1.165, 1.54) is 4.68 Å². The molecule has 1 aromatic rings. The Bertz CT molecular complexity index is 348. The van der Waals surface area contributed by atoms with Crippen LogP contribution < -0.4 is 16.6 Å². The predicted molar refractivity (Wildman–Crippen MR) is 60.9 cm³/mol. The molecule has 15 heavy (non-hydrogen) atoms. The van der Waals surface area contributed by atoms with Crippen LogP contribution in [0.2, 0.25) is 0 Å². The van der Waals surface area contributed by atoms with Crippen molar-refractivity contribution in [1.29, 1.82) is 0 Å². The molecule has 0 aliphatic rings. The third-order valence-electron chi connectivity index (χ3n) is 2.07. The standard InChI is InChI=1S/C10H18N4O/c1-2-3-6-14-10(15)7-9(8-13-14)12-5-4-11/h7-8,12H,2-6,11H2,1H3. The summed E-state index contributed by atoms with van der Waals surface area (Å²) in [7, 11) is 0. The second-order valence-corrected chi connectivity index (χ2v) is 3.37. The number of anilines is 1. The van der Waals surface area contributed by atoms with Gasteiger partial charge in [-0.05, 0) is 6.42 Å². The number of aryl methyl sites for hydroxylation is 1. The lowest BCUT2D eigenvalue weighted by molar-refractivity contribution is 0.543. The zero-order valence-corrected chi connectivity index (χ0v) is 9.07. The van der Waals surface area contributed by atoms with Crippen molar-refractivity contribution in [3.05, 3.63) is 22.6 Å². The van der Waals surface area contributed by atoms with Crippen molar-refractivity contribution in [2.45, 2.75) is 26.3 Å². The summed E-state index contributed by atoms with van der Waals surface area (Å²) in [5.41, 5.74) is 6.01. The van der Waals surface area contributed by atoms with Crippen molar-refractivity contribution in [2.75, 3.05) is 18.4 Å². The fraction of sp³-hybridized carbons (Fsp3) is 0.600. The number of hydrogen-bond acceptors (Lipinski definition) is 4. The Hall–Kier alpha value is -1.36. The molecule has 1 aromatic heterocycles. The molecule has 0 saturated carbocycles. The molecular weight excluding hydrogens is 192 g/mol. The van der Waals surface area contributed by atoms with Crippen molar-refractivity contribution in [3.8, 4) is 0 Å². The van der Waals surface area contributed by atoms with Crippen LogP contribution in [-0.2, 0) is 6.54 Å². The lowest BCUT2D eigenvalue weighted by Gasteiger charge is -2.06. The molecule has 1 heterocycles. The topological polar surface area (TPSA) is 72.9 Å². The largest absolute Gasteiger partial charge is 0.382 e. The van der Waals surface area contributed by atoms with Crippen molar-refractivity contribution >= 4 is 5.69 Å². The first-order valence-electron chi connectivity index (χ1n) is 5.29. The lowest BCUT2D eigenvalue weighted by atomic mass is 10.3. The van der Waals surface area contributed by atoms with Gasteiger partial charge in [0.15, 0.2) is 0 Å². The Labute approximate surface area is 89.3 Å². The van der Waals surface area contributed by atoms with Crippen LogP contribution in [-0.4, -0.2) is 22.9 Å². The van der Waals surface area contributed by atoms with Crippen LogP contribution in [0.15, 0.2) is 17.1 Å². The number of hydrogen-bond donors (Lipinski definition) is 2. The maximum Gasteiger partial charge on any atom is 0.268 e. The van der Waals surface area contributed by atoms with E-state index in [1.807, 2.05) is 0 Å². The van der Waals surface area contributed by atoms with Crippen molar-refractivity contribution < 1.29 is 0 Å². The Morgan fingerprint density at radius 1 is 1.60 bits per heavy atom. The van der Waals surface area contributed by atoms with E-state index in [1.54, 1.807) is 12.3 Å². The highest BCUT2D eigenvalue weighted by Gasteiger charge is 1.98. The summed E-state index contributed by atoms with van der Waals surface area (Å²) in [4.78, 5) is 11.5. The highest BCUT2D eigenvalue weighted by Crippen LogP contribution is 1.98. The first-order chi connectivity index (χ1) is 7.27. The fourth-order valence-corrected chi connectivity index (χ4v) is 1.22. The van der Waals surface area contributed by atoms with Crippen molar-refractivity contribution in [3.63, 3.8) is 0 Å². The van der Waals surface area contributed by atoms with Gasteiger partial charge in [0.2, 0.25) is 0 Å². The zero-order valence-electron chi connectivity index (χ0n) is 9.07. The number of aromatic nitrogens is 2. The van der Waals surface area contributed by atoms with Crippen LogP contribution in [0.5, 0.6) is 0 Å². The maximum absolute atomic E-state index is 11.5. The lowest BCUT2D eigenvalue weighted by Crippen LogP contribution is -2.23. The SMILES string of the molecule is CCCCn1ncc(NCCN)cc1=O. The number of nitrogens with two attached hydrogens (primary N) is 1. The number of unbranched alkanes of at least 4 members (excludes halogenated alkanes) is 1. The summed E-state index contributed by atoms with van der Waals surface area (Å²) in [5.74, 6) is 0. The molecule has 3 N–H and O–H groups in total. The van der Waals surface area contributed by atoms with Gasteiger partial charge in [-0.2, -0.15) is 5.10 Å². The van der Waals surface area contributed by atoms with Crippen LogP contribution in [0, 0.1) is 0 Å². The molecule has 5 heteroatoms. The van der Waals surface area contributed by atoms with E-state index in [2.05, 4.69) is 17.3 Å². The second kappa shape index (κ2) is 6.19. The summed E-state index contributed by atoms with van der Waals surface area (Å²) in [5, 5.41) is 7.09. The third kappa shape index (κ3) is 3.71. The highest BCUT2D eigenvalue weighted by molar-refractivity contribution is 5.38. The Kier molecular flexibility index (Phi) is 4.83. The Morgan fingerprint density at radius 2 is 2.40 bits per heavy atom. The Balaban J connectivity index is 2.66. The van der Waals surface area contributed by atoms with E-state index in [4.69, 9.17) is 5.73 Å². The average Bonchev–Trinajstić information content (AvgIpc) is 2.25. The summed E-state index contributed by atoms with van der Waals surface area (Å²) in [6.07, 6.45) is 3.69. The molecule has 0 spiro atoms. The highest BCUT2D eigenvalue weighted by atomic mass is 16.1. The van der Waals surface area contributed by atoms with Crippen LogP contribution in [0.1, 0.15) is 19.8 Å². The molecule has 0 fully saturated rings. The molecule has 0 unspecified atom stereocenters. The minimum absolute atomic E-state index is 0.0644. The average molecular weight is 210 g/mol. The van der Waals surface area contributed by atoms with Gasteiger partial charge in [-0.1, -0.05) is 13.3 Å². The van der Waals surface area contributed by atoms with Gasteiger partial charge in [-0.15, -0.1) is 0 Å². The molecular formula is C10H18N4O. The molecule has 0 bridgehead atoms. The second-order valence-electron chi connectivity index (χ2n) is 3.37. The van der Waals surface area contributed by atoms with Gasteiger partial charge in [-0.25, -0.2) is 4.68 Å². The normalized spacial score (nSPS) is 10.3. The summed E-state index contributed by atoms with van der Waals surface area (Å²) >= 11 is 0. The van der Waals surface area contributed by atoms with Crippen LogP contribution in [0.3, 0.4) is 0 Å². The third-order valence-corrected chi connectivity index (χ3v) is 2.07.